The van der Waals surface area contributed by atoms with Gasteiger partial charge in [-0.2, -0.15) is 23.3 Å². The van der Waals surface area contributed by atoms with E-state index in [1.165, 1.54) is 26.3 Å². The summed E-state index contributed by atoms with van der Waals surface area (Å²) in [6.45, 7) is 3.09. The number of benzene rings is 1. The number of hydrogen-bond donors (Lipinski definition) is 3. The lowest BCUT2D eigenvalue weighted by Gasteiger charge is -2.17. The predicted octanol–water partition coefficient (Wildman–Crippen LogP) is 4.05. The normalized spacial score (nSPS) is 11.0. The van der Waals surface area contributed by atoms with E-state index in [1.807, 2.05) is 0 Å². The average molecular weight is 433 g/mol. The summed E-state index contributed by atoms with van der Waals surface area (Å²) in [6, 6.07) is 6.35. The van der Waals surface area contributed by atoms with Gasteiger partial charge in [-0.05, 0) is 24.6 Å². The van der Waals surface area contributed by atoms with Gasteiger partial charge in [0.05, 0.1) is 30.4 Å². The summed E-state index contributed by atoms with van der Waals surface area (Å²) in [5.74, 6) is -0.767. The molecule has 0 spiro atoms. The molecule has 2 aromatic heterocycles. The summed E-state index contributed by atoms with van der Waals surface area (Å²) < 4.78 is 45.6. The Hall–Kier alpha value is -3.96. The lowest BCUT2D eigenvalue weighted by molar-refractivity contribution is -0.137. The van der Waals surface area contributed by atoms with Crippen molar-refractivity contribution in [2.45, 2.75) is 20.0 Å². The number of nitrogens with one attached hydrogen (secondary N) is 3. The molecule has 162 valence electrons. The fourth-order valence-corrected chi connectivity index (χ4v) is 2.58. The summed E-state index contributed by atoms with van der Waals surface area (Å²) in [5.41, 5.74) is 0.666. The largest absolute Gasteiger partial charge is 0.480 e. The molecule has 0 unspecified atom stereocenters. The Morgan fingerprint density at radius 1 is 1.10 bits per heavy atom. The van der Waals surface area contributed by atoms with E-state index in [-0.39, 0.29) is 23.4 Å². The van der Waals surface area contributed by atoms with Crippen molar-refractivity contribution in [1.82, 2.24) is 20.2 Å². The molecular weight excluding hydrogens is 415 g/mol. The van der Waals surface area contributed by atoms with E-state index in [0.717, 1.165) is 5.56 Å². The summed E-state index contributed by atoms with van der Waals surface area (Å²) in [4.78, 5) is 19.2. The molecule has 1 amide bonds. The molecule has 0 saturated carbocycles. The third-order valence-corrected chi connectivity index (χ3v) is 3.93. The molecule has 0 atom stereocenters. The Morgan fingerprint density at radius 3 is 2.55 bits per heavy atom. The number of nitrogens with zero attached hydrogens (tertiary/aromatic N) is 4. The van der Waals surface area contributed by atoms with Gasteiger partial charge in [0.2, 0.25) is 17.7 Å². The molecular formula is C19H18F3N7O2. The maximum atomic E-state index is 13.5. The molecule has 0 bridgehead atoms. The average Bonchev–Trinajstić information content (AvgIpc) is 2.69. The molecule has 3 rings (SSSR count). The summed E-state index contributed by atoms with van der Waals surface area (Å²) in [6.07, 6.45) is -2.71. The van der Waals surface area contributed by atoms with Crippen molar-refractivity contribution in [3.63, 3.8) is 0 Å². The number of hydrogen-bond acceptors (Lipinski definition) is 8. The second-order valence-electron chi connectivity index (χ2n) is 6.42. The van der Waals surface area contributed by atoms with Crippen LogP contribution in [0.2, 0.25) is 0 Å². The lowest BCUT2D eigenvalue weighted by atomic mass is 10.1. The number of carbonyl (C=O) groups is 1. The first kappa shape index (κ1) is 21.7. The van der Waals surface area contributed by atoms with E-state index in [0.29, 0.717) is 17.6 Å². The van der Waals surface area contributed by atoms with Crippen LogP contribution in [-0.2, 0) is 11.0 Å². The topological polar surface area (TPSA) is 114 Å². The van der Waals surface area contributed by atoms with E-state index < -0.39 is 17.6 Å². The third kappa shape index (κ3) is 5.56. The van der Waals surface area contributed by atoms with E-state index in [4.69, 9.17) is 4.74 Å². The second-order valence-corrected chi connectivity index (χ2v) is 6.42. The molecule has 0 saturated heterocycles. The van der Waals surface area contributed by atoms with Crippen molar-refractivity contribution in [2.75, 3.05) is 23.1 Å². The van der Waals surface area contributed by atoms with Gasteiger partial charge in [0.15, 0.2) is 0 Å². The number of carbonyl (C=O) groups excluding carboxylic acids is 1. The zero-order chi connectivity index (χ0) is 22.6. The SMILES string of the molecule is COc1cc(Nc2ncc(C(F)(F)F)c(Nc3ccc(C)cc3NC(C)=O)n2)cnn1. The molecule has 1 aromatic carbocycles. The monoisotopic (exact) mass is 433 g/mol. The van der Waals surface area contributed by atoms with Crippen molar-refractivity contribution >= 4 is 34.7 Å². The predicted molar refractivity (Wildman–Crippen MR) is 108 cm³/mol. The van der Waals surface area contributed by atoms with Crippen LogP contribution in [0.15, 0.2) is 36.7 Å². The van der Waals surface area contributed by atoms with Gasteiger partial charge in [-0.25, -0.2) is 4.98 Å². The summed E-state index contributed by atoms with van der Waals surface area (Å²) in [5, 5.41) is 15.4. The van der Waals surface area contributed by atoms with Gasteiger partial charge in [0.1, 0.15) is 11.4 Å². The fourth-order valence-electron chi connectivity index (χ4n) is 2.58. The van der Waals surface area contributed by atoms with Crippen LogP contribution < -0.4 is 20.7 Å². The molecule has 0 fully saturated rings. The van der Waals surface area contributed by atoms with E-state index >= 15 is 0 Å². The first-order valence-electron chi connectivity index (χ1n) is 8.89. The van der Waals surface area contributed by atoms with E-state index in [9.17, 15) is 18.0 Å². The fraction of sp³-hybridized carbons (Fsp3) is 0.211. The minimum absolute atomic E-state index is 0.112. The second kappa shape index (κ2) is 8.81. The minimum atomic E-state index is -4.71. The van der Waals surface area contributed by atoms with E-state index in [1.54, 1.807) is 25.1 Å². The number of alkyl halides is 3. The van der Waals surface area contributed by atoms with Crippen molar-refractivity contribution in [3.8, 4) is 5.88 Å². The van der Waals surface area contributed by atoms with Crippen LogP contribution in [0.5, 0.6) is 5.88 Å². The highest BCUT2D eigenvalue weighted by atomic mass is 19.4. The first-order chi connectivity index (χ1) is 14.7. The highest BCUT2D eigenvalue weighted by Crippen LogP contribution is 2.36. The molecule has 2 heterocycles. The first-order valence-corrected chi connectivity index (χ1v) is 8.89. The molecule has 3 N–H and O–H groups in total. The van der Waals surface area contributed by atoms with Crippen LogP contribution in [0.25, 0.3) is 0 Å². The Morgan fingerprint density at radius 2 is 1.87 bits per heavy atom. The highest BCUT2D eigenvalue weighted by molar-refractivity contribution is 5.93. The maximum absolute atomic E-state index is 13.5. The molecule has 0 aliphatic rings. The number of methoxy groups -OCH3 is 1. The maximum Gasteiger partial charge on any atom is 0.421 e. The van der Waals surface area contributed by atoms with Crippen molar-refractivity contribution in [3.05, 3.63) is 47.8 Å². The van der Waals surface area contributed by atoms with Gasteiger partial charge in [-0.15, -0.1) is 5.10 Å². The van der Waals surface area contributed by atoms with Gasteiger partial charge in [0, 0.05) is 19.2 Å². The number of halogens is 3. The minimum Gasteiger partial charge on any atom is -0.480 e. The summed E-state index contributed by atoms with van der Waals surface area (Å²) >= 11 is 0. The Balaban J connectivity index is 1.99. The summed E-state index contributed by atoms with van der Waals surface area (Å²) in [7, 11) is 1.40. The standard InChI is InChI=1S/C19H18F3N7O2/c1-10-4-5-14(15(6-10)25-11(2)30)27-17-13(19(20,21)22)9-23-18(28-17)26-12-7-16(31-3)29-24-8-12/h4-9H,1-3H3,(H,25,30)(H2,23,26,27,28,29). The Bertz CT molecular complexity index is 1110. The number of ether oxygens (including phenoxy) is 1. The van der Waals surface area contributed by atoms with Crippen molar-refractivity contribution < 1.29 is 22.7 Å². The number of amides is 1. The molecule has 0 aliphatic carbocycles. The smallest absolute Gasteiger partial charge is 0.421 e. The van der Waals surface area contributed by atoms with Gasteiger partial charge in [-0.3, -0.25) is 4.79 Å². The zero-order valence-corrected chi connectivity index (χ0v) is 16.7. The van der Waals surface area contributed by atoms with Crippen LogP contribution in [0.1, 0.15) is 18.1 Å². The molecule has 0 radical (unpaired) electrons. The molecule has 3 aromatic rings. The molecule has 31 heavy (non-hydrogen) atoms. The van der Waals surface area contributed by atoms with Crippen molar-refractivity contribution in [2.24, 2.45) is 0 Å². The molecule has 0 aliphatic heterocycles. The van der Waals surface area contributed by atoms with Crippen LogP contribution >= 0.6 is 0 Å². The number of aromatic nitrogens is 4. The van der Waals surface area contributed by atoms with Crippen molar-refractivity contribution in [1.29, 1.82) is 0 Å². The van der Waals surface area contributed by atoms with E-state index in [2.05, 4.69) is 36.1 Å². The zero-order valence-electron chi connectivity index (χ0n) is 16.7. The van der Waals surface area contributed by atoms with Gasteiger partial charge in [0.25, 0.3) is 0 Å². The quantitative estimate of drug-likeness (QED) is 0.534. The van der Waals surface area contributed by atoms with Crippen LogP contribution in [-0.4, -0.2) is 33.2 Å². The lowest BCUT2D eigenvalue weighted by Crippen LogP contribution is -2.14. The molecule has 9 nitrogen and oxygen atoms in total. The van der Waals surface area contributed by atoms with Crippen LogP contribution in [0.3, 0.4) is 0 Å². The van der Waals surface area contributed by atoms with Gasteiger partial charge in [-0.1, -0.05) is 6.07 Å². The highest BCUT2D eigenvalue weighted by Gasteiger charge is 2.35. The van der Waals surface area contributed by atoms with Gasteiger partial charge >= 0.3 is 6.18 Å². The molecule has 12 heteroatoms. The Kier molecular flexibility index (Phi) is 6.18. The Labute approximate surface area is 175 Å². The van der Waals surface area contributed by atoms with Crippen LogP contribution in [0, 0.1) is 6.92 Å². The van der Waals surface area contributed by atoms with Crippen LogP contribution in [0.4, 0.5) is 42.0 Å². The number of anilines is 5. The number of rotatable bonds is 6. The number of aryl methyl sites for hydroxylation is 1. The third-order valence-electron chi connectivity index (χ3n) is 3.93. The van der Waals surface area contributed by atoms with Gasteiger partial charge < -0.3 is 20.7 Å².